The van der Waals surface area contributed by atoms with E-state index in [1.165, 1.54) is 0 Å². The number of aryl methyl sites for hydroxylation is 3. The van der Waals surface area contributed by atoms with Gasteiger partial charge in [0, 0.05) is 6.54 Å². The molecule has 0 fully saturated rings. The summed E-state index contributed by atoms with van der Waals surface area (Å²) in [4.78, 5) is 12.5. The number of hydrogen-bond donors (Lipinski definition) is 2. The second-order valence-corrected chi connectivity index (χ2v) is 5.46. The Morgan fingerprint density at radius 2 is 2.05 bits per heavy atom. The fraction of sp³-hybridized carbons (Fsp3) is 0.286. The standard InChI is InChI=1S/C14H16Cl2N4O/c1-4-20-13(11(17)8(3)19-20)14(21)18-12-9(15)6-5-7(2)10(12)16/h5-6H,4,17H2,1-3H3,(H,18,21). The van der Waals surface area contributed by atoms with Crippen LogP contribution in [0.5, 0.6) is 0 Å². The van der Waals surface area contributed by atoms with E-state index in [1.54, 1.807) is 23.7 Å². The van der Waals surface area contributed by atoms with Gasteiger partial charge in [0.05, 0.1) is 27.1 Å². The van der Waals surface area contributed by atoms with Gasteiger partial charge in [-0.1, -0.05) is 29.3 Å². The minimum Gasteiger partial charge on any atom is -0.395 e. The van der Waals surface area contributed by atoms with Crippen molar-refractivity contribution < 1.29 is 4.79 Å². The topological polar surface area (TPSA) is 72.9 Å². The minimum atomic E-state index is -0.385. The maximum absolute atomic E-state index is 12.5. The zero-order valence-corrected chi connectivity index (χ0v) is 13.5. The van der Waals surface area contributed by atoms with Gasteiger partial charge in [-0.2, -0.15) is 5.10 Å². The molecule has 0 radical (unpaired) electrons. The molecule has 5 nitrogen and oxygen atoms in total. The van der Waals surface area contributed by atoms with Crippen LogP contribution in [0.4, 0.5) is 11.4 Å². The Bertz CT molecular complexity index is 709. The van der Waals surface area contributed by atoms with Crippen molar-refractivity contribution in [3.63, 3.8) is 0 Å². The molecule has 0 aliphatic rings. The highest BCUT2D eigenvalue weighted by atomic mass is 35.5. The van der Waals surface area contributed by atoms with Crippen molar-refractivity contribution >= 4 is 40.5 Å². The maximum Gasteiger partial charge on any atom is 0.276 e. The molecule has 112 valence electrons. The molecule has 0 saturated carbocycles. The molecule has 1 aromatic heterocycles. The van der Waals surface area contributed by atoms with Crippen LogP contribution in [-0.4, -0.2) is 15.7 Å². The number of carbonyl (C=O) groups excluding carboxylic acids is 1. The van der Waals surface area contributed by atoms with Crippen LogP contribution in [0.15, 0.2) is 12.1 Å². The highest BCUT2D eigenvalue weighted by Crippen LogP contribution is 2.33. The van der Waals surface area contributed by atoms with Crippen molar-refractivity contribution in [2.45, 2.75) is 27.3 Å². The Labute approximate surface area is 133 Å². The van der Waals surface area contributed by atoms with E-state index in [2.05, 4.69) is 10.4 Å². The zero-order chi connectivity index (χ0) is 15.7. The van der Waals surface area contributed by atoms with Crippen LogP contribution in [0, 0.1) is 13.8 Å². The van der Waals surface area contributed by atoms with Gasteiger partial charge in [-0.15, -0.1) is 0 Å². The average molecular weight is 327 g/mol. The van der Waals surface area contributed by atoms with Crippen LogP contribution in [0.1, 0.15) is 28.7 Å². The van der Waals surface area contributed by atoms with Gasteiger partial charge in [-0.25, -0.2) is 0 Å². The number of halogens is 2. The van der Waals surface area contributed by atoms with E-state index in [0.717, 1.165) is 5.56 Å². The number of nitrogen functional groups attached to an aromatic ring is 1. The number of amides is 1. The lowest BCUT2D eigenvalue weighted by atomic mass is 10.2. The Balaban J connectivity index is 2.42. The third kappa shape index (κ3) is 2.84. The molecule has 2 aromatic rings. The van der Waals surface area contributed by atoms with Crippen molar-refractivity contribution in [3.05, 3.63) is 39.1 Å². The van der Waals surface area contributed by atoms with Crippen molar-refractivity contribution in [1.29, 1.82) is 0 Å². The molecular weight excluding hydrogens is 311 g/mol. The first-order valence-electron chi connectivity index (χ1n) is 6.45. The molecule has 21 heavy (non-hydrogen) atoms. The lowest BCUT2D eigenvalue weighted by Gasteiger charge is -2.12. The van der Waals surface area contributed by atoms with Crippen molar-refractivity contribution in [3.8, 4) is 0 Å². The van der Waals surface area contributed by atoms with Gasteiger partial charge in [0.2, 0.25) is 0 Å². The van der Waals surface area contributed by atoms with E-state index < -0.39 is 0 Å². The van der Waals surface area contributed by atoms with E-state index in [1.807, 2.05) is 13.8 Å². The highest BCUT2D eigenvalue weighted by molar-refractivity contribution is 6.40. The Kier molecular flexibility index (Phi) is 4.44. The molecule has 0 atom stereocenters. The van der Waals surface area contributed by atoms with Crippen LogP contribution in [0.25, 0.3) is 0 Å². The monoisotopic (exact) mass is 326 g/mol. The smallest absolute Gasteiger partial charge is 0.276 e. The summed E-state index contributed by atoms with van der Waals surface area (Å²) in [5.74, 6) is -0.385. The van der Waals surface area contributed by atoms with Gasteiger partial charge in [0.1, 0.15) is 5.69 Å². The van der Waals surface area contributed by atoms with E-state index in [9.17, 15) is 4.79 Å². The predicted molar refractivity (Wildman–Crippen MR) is 86.2 cm³/mol. The van der Waals surface area contributed by atoms with Crippen molar-refractivity contribution in [1.82, 2.24) is 9.78 Å². The first-order valence-corrected chi connectivity index (χ1v) is 7.21. The van der Waals surface area contributed by atoms with Crippen LogP contribution in [0.2, 0.25) is 10.0 Å². The van der Waals surface area contributed by atoms with Gasteiger partial charge < -0.3 is 11.1 Å². The van der Waals surface area contributed by atoms with Gasteiger partial charge >= 0.3 is 0 Å². The van der Waals surface area contributed by atoms with E-state index in [-0.39, 0.29) is 5.91 Å². The number of rotatable bonds is 3. The van der Waals surface area contributed by atoms with E-state index in [0.29, 0.717) is 39.4 Å². The Morgan fingerprint density at radius 3 is 2.67 bits per heavy atom. The molecule has 1 aromatic carbocycles. The maximum atomic E-state index is 12.5. The number of benzene rings is 1. The van der Waals surface area contributed by atoms with Gasteiger partial charge in [0.15, 0.2) is 0 Å². The highest BCUT2D eigenvalue weighted by Gasteiger charge is 2.21. The number of nitrogens with zero attached hydrogens (tertiary/aromatic N) is 2. The molecule has 3 N–H and O–H groups in total. The summed E-state index contributed by atoms with van der Waals surface area (Å²) in [5, 5.41) is 7.72. The summed E-state index contributed by atoms with van der Waals surface area (Å²) in [6.07, 6.45) is 0. The predicted octanol–water partition coefficient (Wildman–Crippen LogP) is 3.66. The molecule has 0 aliphatic heterocycles. The first-order chi connectivity index (χ1) is 9.86. The normalized spacial score (nSPS) is 10.7. The molecule has 1 amide bonds. The molecule has 0 saturated heterocycles. The molecule has 1 heterocycles. The Hall–Kier alpha value is -1.72. The summed E-state index contributed by atoms with van der Waals surface area (Å²) in [6, 6.07) is 3.47. The molecule has 0 unspecified atom stereocenters. The molecule has 7 heteroatoms. The summed E-state index contributed by atoms with van der Waals surface area (Å²) in [5.41, 5.74) is 8.41. The third-order valence-corrected chi connectivity index (χ3v) is 4.01. The number of nitrogens with two attached hydrogens (primary N) is 1. The second kappa shape index (κ2) is 5.95. The Morgan fingerprint density at radius 1 is 1.38 bits per heavy atom. The van der Waals surface area contributed by atoms with E-state index >= 15 is 0 Å². The fourth-order valence-corrected chi connectivity index (χ4v) is 2.47. The van der Waals surface area contributed by atoms with Gasteiger partial charge in [0.25, 0.3) is 5.91 Å². The van der Waals surface area contributed by atoms with Crippen LogP contribution < -0.4 is 11.1 Å². The number of carbonyl (C=O) groups is 1. The molecule has 0 bridgehead atoms. The number of hydrogen-bond acceptors (Lipinski definition) is 3. The molecular formula is C14H16Cl2N4O. The lowest BCUT2D eigenvalue weighted by molar-refractivity contribution is 0.101. The minimum absolute atomic E-state index is 0.309. The van der Waals surface area contributed by atoms with Crippen molar-refractivity contribution in [2.24, 2.45) is 0 Å². The zero-order valence-electron chi connectivity index (χ0n) is 12.0. The van der Waals surface area contributed by atoms with Gasteiger partial charge in [-0.3, -0.25) is 9.48 Å². The van der Waals surface area contributed by atoms with Crippen LogP contribution in [-0.2, 0) is 6.54 Å². The first kappa shape index (κ1) is 15.7. The number of nitrogens with one attached hydrogen (secondary N) is 1. The van der Waals surface area contributed by atoms with Crippen molar-refractivity contribution in [2.75, 3.05) is 11.1 Å². The summed E-state index contributed by atoms with van der Waals surface area (Å²) < 4.78 is 1.55. The van der Waals surface area contributed by atoms with E-state index in [4.69, 9.17) is 28.9 Å². The van der Waals surface area contributed by atoms with Gasteiger partial charge in [-0.05, 0) is 32.4 Å². The largest absolute Gasteiger partial charge is 0.395 e. The summed E-state index contributed by atoms with van der Waals surface area (Å²) in [7, 11) is 0. The number of aromatic nitrogens is 2. The quantitative estimate of drug-likeness (QED) is 0.903. The molecule has 0 spiro atoms. The SMILES string of the molecule is CCn1nc(C)c(N)c1C(=O)Nc1c(Cl)ccc(C)c1Cl. The third-order valence-electron chi connectivity index (χ3n) is 3.21. The number of anilines is 2. The summed E-state index contributed by atoms with van der Waals surface area (Å²) >= 11 is 12.3. The lowest BCUT2D eigenvalue weighted by Crippen LogP contribution is -2.19. The van der Waals surface area contributed by atoms with Crippen LogP contribution >= 0.6 is 23.2 Å². The molecule has 0 aliphatic carbocycles. The fourth-order valence-electron chi connectivity index (χ4n) is 2.01. The summed E-state index contributed by atoms with van der Waals surface area (Å²) in [6.45, 7) is 6.01. The molecule has 2 rings (SSSR count). The average Bonchev–Trinajstić information content (AvgIpc) is 2.74. The van der Waals surface area contributed by atoms with Crippen LogP contribution in [0.3, 0.4) is 0 Å². The second-order valence-electron chi connectivity index (χ2n) is 4.67.